The maximum absolute atomic E-state index is 13.9. The van der Waals surface area contributed by atoms with E-state index in [1.165, 1.54) is 36.6 Å². The van der Waals surface area contributed by atoms with E-state index in [4.69, 9.17) is 4.74 Å². The molecular weight excluding hydrogens is 540 g/mol. The van der Waals surface area contributed by atoms with Crippen LogP contribution in [0, 0.1) is 11.8 Å². The van der Waals surface area contributed by atoms with Gasteiger partial charge < -0.3 is 15.4 Å². The summed E-state index contributed by atoms with van der Waals surface area (Å²) in [4.78, 5) is 41.5. The van der Waals surface area contributed by atoms with Crippen molar-refractivity contribution in [1.29, 1.82) is 0 Å². The van der Waals surface area contributed by atoms with Gasteiger partial charge in [0.2, 0.25) is 11.8 Å². The van der Waals surface area contributed by atoms with Crippen LogP contribution in [0.2, 0.25) is 0 Å². The third kappa shape index (κ3) is 6.61. The van der Waals surface area contributed by atoms with Crippen molar-refractivity contribution in [3.8, 4) is 0 Å². The van der Waals surface area contributed by atoms with E-state index in [0.29, 0.717) is 16.5 Å². The average molecular weight is 577 g/mol. The Hall–Kier alpha value is -3.10. The molecule has 0 aliphatic heterocycles. The van der Waals surface area contributed by atoms with Gasteiger partial charge >= 0.3 is 5.97 Å². The summed E-state index contributed by atoms with van der Waals surface area (Å²) in [5.74, 6) is 0.0676. The Morgan fingerprint density at radius 1 is 0.975 bits per heavy atom. The number of methoxy groups -OCH3 is 1. The highest BCUT2D eigenvalue weighted by molar-refractivity contribution is 8.00. The van der Waals surface area contributed by atoms with Gasteiger partial charge in [-0.2, -0.15) is 0 Å². The summed E-state index contributed by atoms with van der Waals surface area (Å²) in [5, 5.41) is 6.18. The zero-order chi connectivity index (χ0) is 28.1. The number of nitrogens with one attached hydrogen (secondary N) is 2. The number of thioether (sulfide) groups is 1. The van der Waals surface area contributed by atoms with E-state index in [-0.39, 0.29) is 17.7 Å². The van der Waals surface area contributed by atoms with Gasteiger partial charge in [0.15, 0.2) is 0 Å². The summed E-state index contributed by atoms with van der Waals surface area (Å²) in [5.41, 5.74) is 3.10. The van der Waals surface area contributed by atoms with Crippen molar-refractivity contribution in [2.45, 2.75) is 68.4 Å². The van der Waals surface area contributed by atoms with E-state index in [2.05, 4.69) is 17.6 Å². The molecule has 0 radical (unpaired) electrons. The molecule has 1 fully saturated rings. The van der Waals surface area contributed by atoms with Gasteiger partial charge in [-0.3, -0.25) is 9.59 Å². The highest BCUT2D eigenvalue weighted by Crippen LogP contribution is 2.42. The Labute approximate surface area is 244 Å². The molecule has 6 nitrogen and oxygen atoms in total. The second-order valence-electron chi connectivity index (χ2n) is 10.8. The van der Waals surface area contributed by atoms with Gasteiger partial charge in [-0.15, -0.1) is 23.1 Å². The highest BCUT2D eigenvalue weighted by Gasteiger charge is 2.31. The molecule has 0 spiro atoms. The number of hydrogen-bond donors (Lipinski definition) is 2. The Bertz CT molecular complexity index is 1360. The molecule has 40 heavy (non-hydrogen) atoms. The van der Waals surface area contributed by atoms with E-state index in [1.54, 1.807) is 0 Å². The van der Waals surface area contributed by atoms with Gasteiger partial charge in [0, 0.05) is 21.4 Å². The smallest absolute Gasteiger partial charge is 0.341 e. The van der Waals surface area contributed by atoms with E-state index >= 15 is 0 Å². The number of anilines is 2. The maximum atomic E-state index is 13.9. The van der Waals surface area contributed by atoms with Crippen molar-refractivity contribution in [1.82, 2.24) is 0 Å². The van der Waals surface area contributed by atoms with Crippen LogP contribution in [0.25, 0.3) is 0 Å². The first-order chi connectivity index (χ1) is 19.4. The second kappa shape index (κ2) is 13.0. The van der Waals surface area contributed by atoms with Crippen LogP contribution in [0.3, 0.4) is 0 Å². The van der Waals surface area contributed by atoms with Gasteiger partial charge in [-0.1, -0.05) is 62.6 Å². The number of rotatable bonds is 8. The van der Waals surface area contributed by atoms with Crippen LogP contribution in [0.4, 0.5) is 10.7 Å². The number of amides is 2. The Balaban J connectivity index is 1.38. The highest BCUT2D eigenvalue weighted by atomic mass is 32.2. The van der Waals surface area contributed by atoms with Gasteiger partial charge in [-0.25, -0.2) is 4.79 Å². The van der Waals surface area contributed by atoms with E-state index in [1.807, 2.05) is 54.6 Å². The molecule has 8 heteroatoms. The second-order valence-corrected chi connectivity index (χ2v) is 13.1. The van der Waals surface area contributed by atoms with Crippen molar-refractivity contribution in [3.05, 3.63) is 76.2 Å². The molecule has 1 heterocycles. The Morgan fingerprint density at radius 2 is 1.75 bits per heavy atom. The molecule has 0 saturated heterocycles. The lowest BCUT2D eigenvalue weighted by Crippen LogP contribution is -2.24. The summed E-state index contributed by atoms with van der Waals surface area (Å²) < 4.78 is 5.12. The molecule has 1 aromatic heterocycles. The van der Waals surface area contributed by atoms with E-state index in [0.717, 1.165) is 71.5 Å². The molecule has 2 atom stereocenters. The molecule has 0 bridgehead atoms. The van der Waals surface area contributed by atoms with Crippen LogP contribution in [-0.2, 0) is 27.2 Å². The van der Waals surface area contributed by atoms with Crippen molar-refractivity contribution in [2.75, 3.05) is 17.7 Å². The average Bonchev–Trinajstić information content (AvgIpc) is 3.33. The number of hydrogen-bond acceptors (Lipinski definition) is 6. The standard InChI is InChI=1S/C32H36N2O4S2/c1-20-16-17-25-26(18-20)40-31(27(25)32(37)38-2)34-30(36)28(21-10-5-3-6-11-21)39-24-15-9-14-23(19-24)33-29(35)22-12-7-4-8-13-22/h3,5-6,9-11,14-15,19-20,22,28H,4,7-8,12-13,16-18H2,1-2H3,(H,33,35)(H,34,36). The summed E-state index contributed by atoms with van der Waals surface area (Å²) in [6.45, 7) is 2.21. The number of fused-ring (bicyclic) bond motifs is 1. The lowest BCUT2D eigenvalue weighted by Gasteiger charge is -2.21. The van der Waals surface area contributed by atoms with Gasteiger partial charge in [0.05, 0.1) is 12.7 Å². The Morgan fingerprint density at radius 3 is 2.50 bits per heavy atom. The molecule has 2 N–H and O–H groups in total. The molecule has 2 aliphatic rings. The van der Waals surface area contributed by atoms with Crippen molar-refractivity contribution in [3.63, 3.8) is 0 Å². The predicted molar refractivity (Wildman–Crippen MR) is 162 cm³/mol. The van der Waals surface area contributed by atoms with Crippen LogP contribution < -0.4 is 10.6 Å². The first-order valence-corrected chi connectivity index (χ1v) is 15.8. The third-order valence-electron chi connectivity index (χ3n) is 7.81. The largest absolute Gasteiger partial charge is 0.465 e. The first kappa shape index (κ1) is 28.4. The molecule has 5 rings (SSSR count). The quantitative estimate of drug-likeness (QED) is 0.213. The minimum absolute atomic E-state index is 0.0662. The fraction of sp³-hybridized carbons (Fsp3) is 0.406. The molecule has 2 aliphatic carbocycles. The Kier molecular flexibility index (Phi) is 9.27. The normalized spacial score (nSPS) is 17.9. The lowest BCUT2D eigenvalue weighted by atomic mass is 9.88. The molecule has 3 aromatic rings. The third-order valence-corrected chi connectivity index (χ3v) is 10.2. The number of carbonyl (C=O) groups excluding carboxylic acids is 3. The number of thiophene rings is 1. The fourth-order valence-corrected chi connectivity index (χ4v) is 8.11. The van der Waals surface area contributed by atoms with E-state index in [9.17, 15) is 14.4 Å². The van der Waals surface area contributed by atoms with Crippen molar-refractivity contribution in [2.24, 2.45) is 11.8 Å². The molecule has 1 saturated carbocycles. The first-order valence-electron chi connectivity index (χ1n) is 14.1. The zero-order valence-electron chi connectivity index (χ0n) is 23.0. The maximum Gasteiger partial charge on any atom is 0.341 e. The van der Waals surface area contributed by atoms with Gasteiger partial charge in [0.25, 0.3) is 0 Å². The minimum Gasteiger partial charge on any atom is -0.465 e. The predicted octanol–water partition coefficient (Wildman–Crippen LogP) is 7.65. The molecule has 2 amide bonds. The minimum atomic E-state index is -0.561. The zero-order valence-corrected chi connectivity index (χ0v) is 24.7. The van der Waals surface area contributed by atoms with Crippen LogP contribution in [0.15, 0.2) is 59.5 Å². The number of benzene rings is 2. The van der Waals surface area contributed by atoms with Crippen LogP contribution in [0.5, 0.6) is 0 Å². The van der Waals surface area contributed by atoms with Crippen LogP contribution >= 0.6 is 23.1 Å². The SMILES string of the molecule is COC(=O)c1c(NC(=O)C(Sc2cccc(NC(=O)C3CCCCC3)c2)c2ccccc2)sc2c1CCC(C)C2. The monoisotopic (exact) mass is 576 g/mol. The van der Waals surface area contributed by atoms with Crippen LogP contribution in [0.1, 0.15) is 77.1 Å². The van der Waals surface area contributed by atoms with E-state index < -0.39 is 11.2 Å². The number of carbonyl (C=O) groups is 3. The van der Waals surface area contributed by atoms with Crippen molar-refractivity contribution < 1.29 is 19.1 Å². The fourth-order valence-electron chi connectivity index (χ4n) is 5.63. The number of ether oxygens (including phenoxy) is 1. The molecule has 210 valence electrons. The van der Waals surface area contributed by atoms with Gasteiger partial charge in [-0.05, 0) is 67.3 Å². The summed E-state index contributed by atoms with van der Waals surface area (Å²) in [6.07, 6.45) is 8.01. The molecular formula is C32H36N2O4S2. The van der Waals surface area contributed by atoms with Crippen LogP contribution in [-0.4, -0.2) is 24.9 Å². The van der Waals surface area contributed by atoms with Crippen molar-refractivity contribution >= 4 is 51.6 Å². The van der Waals surface area contributed by atoms with Gasteiger partial charge in [0.1, 0.15) is 10.3 Å². The summed E-state index contributed by atoms with van der Waals surface area (Å²) >= 11 is 2.92. The molecule has 2 aromatic carbocycles. The topological polar surface area (TPSA) is 84.5 Å². The summed E-state index contributed by atoms with van der Waals surface area (Å²) in [7, 11) is 1.38. The molecule has 2 unspecified atom stereocenters. The number of esters is 1. The lowest BCUT2D eigenvalue weighted by molar-refractivity contribution is -0.120. The summed E-state index contributed by atoms with van der Waals surface area (Å²) in [6, 6.07) is 17.3.